The van der Waals surface area contributed by atoms with Crippen LogP contribution in [0.1, 0.15) is 115 Å². The summed E-state index contributed by atoms with van der Waals surface area (Å²) in [5.74, 6) is 0.741. The molecule has 0 amide bonds. The highest BCUT2D eigenvalue weighted by Gasteiger charge is 2.11. The van der Waals surface area contributed by atoms with Crippen molar-refractivity contribution in [1.82, 2.24) is 0 Å². The minimum atomic E-state index is 0.351. The molecule has 0 saturated heterocycles. The molecule has 0 aliphatic rings. The van der Waals surface area contributed by atoms with E-state index in [2.05, 4.69) is 53.8 Å². The molecule has 0 aliphatic carbocycles. The Bertz CT molecular complexity index is 415. The molecule has 0 bridgehead atoms. The van der Waals surface area contributed by atoms with E-state index in [4.69, 9.17) is 5.11 Å². The van der Waals surface area contributed by atoms with Crippen LogP contribution >= 0.6 is 22.6 Å². The van der Waals surface area contributed by atoms with Gasteiger partial charge < -0.3 is 5.11 Å². The summed E-state index contributed by atoms with van der Waals surface area (Å²) >= 11 is 2.40. The molecular formula is C24H41IO. The monoisotopic (exact) mass is 472 g/mol. The van der Waals surface area contributed by atoms with Crippen molar-refractivity contribution in [1.29, 1.82) is 0 Å². The molecule has 2 heteroatoms. The number of aliphatic hydroxyl groups excluding tert-OH is 1. The molecule has 1 nitrogen and oxygen atoms in total. The van der Waals surface area contributed by atoms with E-state index in [9.17, 15) is 0 Å². The first kappa shape index (κ1) is 23.9. The van der Waals surface area contributed by atoms with Gasteiger partial charge in [-0.25, -0.2) is 0 Å². The third-order valence-electron chi connectivity index (χ3n) is 5.46. The van der Waals surface area contributed by atoms with Crippen LogP contribution < -0.4 is 0 Å². The van der Waals surface area contributed by atoms with Crippen molar-refractivity contribution in [3.63, 3.8) is 0 Å². The van der Waals surface area contributed by atoms with Gasteiger partial charge in [-0.3, -0.25) is 0 Å². The zero-order valence-corrected chi connectivity index (χ0v) is 19.2. The van der Waals surface area contributed by atoms with E-state index < -0.39 is 0 Å². The van der Waals surface area contributed by atoms with Crippen molar-refractivity contribution in [2.75, 3.05) is 6.61 Å². The van der Waals surface area contributed by atoms with E-state index >= 15 is 0 Å². The van der Waals surface area contributed by atoms with Crippen LogP contribution in [0.2, 0.25) is 0 Å². The smallest absolute Gasteiger partial charge is 0.0431 e. The van der Waals surface area contributed by atoms with Gasteiger partial charge in [0.15, 0.2) is 0 Å². The molecule has 0 aromatic heterocycles. The fourth-order valence-corrected chi connectivity index (χ4v) is 4.13. The molecule has 0 saturated carbocycles. The number of halogens is 1. The normalized spacial score (nSPS) is 12.4. The average molecular weight is 472 g/mol. The van der Waals surface area contributed by atoms with E-state index in [1.807, 2.05) is 0 Å². The summed E-state index contributed by atoms with van der Waals surface area (Å²) in [5.41, 5.74) is 1.55. The molecule has 26 heavy (non-hydrogen) atoms. The van der Waals surface area contributed by atoms with E-state index in [1.165, 1.54) is 93.5 Å². The van der Waals surface area contributed by atoms with Gasteiger partial charge in [-0.1, -0.05) is 96.1 Å². The molecular weight excluding hydrogens is 431 g/mol. The van der Waals surface area contributed by atoms with E-state index in [-0.39, 0.29) is 0 Å². The van der Waals surface area contributed by atoms with Crippen LogP contribution in [0.3, 0.4) is 0 Å². The fraction of sp³-hybridized carbons (Fsp3) is 0.750. The van der Waals surface area contributed by atoms with Gasteiger partial charge in [-0.15, -0.1) is 0 Å². The lowest BCUT2D eigenvalue weighted by atomic mass is 9.88. The minimum Gasteiger partial charge on any atom is -0.396 e. The van der Waals surface area contributed by atoms with Crippen molar-refractivity contribution in [3.05, 3.63) is 33.4 Å². The third-order valence-corrected chi connectivity index (χ3v) is 6.18. The summed E-state index contributed by atoms with van der Waals surface area (Å²) in [4.78, 5) is 0. The summed E-state index contributed by atoms with van der Waals surface area (Å²) in [6, 6.07) is 9.22. The maximum atomic E-state index is 8.88. The second-order valence-electron chi connectivity index (χ2n) is 7.79. The Morgan fingerprint density at radius 2 is 1.15 bits per heavy atom. The third kappa shape index (κ3) is 12.3. The molecule has 0 radical (unpaired) electrons. The van der Waals surface area contributed by atoms with Crippen molar-refractivity contribution >= 4 is 22.6 Å². The molecule has 0 heterocycles. The predicted octanol–water partition coefficient (Wildman–Crippen LogP) is 8.24. The van der Waals surface area contributed by atoms with Gasteiger partial charge in [0.25, 0.3) is 0 Å². The highest BCUT2D eigenvalue weighted by molar-refractivity contribution is 14.1. The van der Waals surface area contributed by atoms with Crippen LogP contribution in [-0.2, 0) is 0 Å². The van der Waals surface area contributed by atoms with Crippen LogP contribution in [0.4, 0.5) is 0 Å². The van der Waals surface area contributed by atoms with Crippen molar-refractivity contribution in [3.8, 4) is 0 Å². The van der Waals surface area contributed by atoms with Crippen molar-refractivity contribution < 1.29 is 5.11 Å². The van der Waals surface area contributed by atoms with Crippen LogP contribution in [0.25, 0.3) is 0 Å². The topological polar surface area (TPSA) is 20.2 Å². The van der Waals surface area contributed by atoms with Crippen LogP contribution in [0.15, 0.2) is 24.3 Å². The zero-order chi connectivity index (χ0) is 18.9. The number of hydrogen-bond donors (Lipinski definition) is 1. The van der Waals surface area contributed by atoms with E-state index in [0.29, 0.717) is 6.61 Å². The summed E-state index contributed by atoms with van der Waals surface area (Å²) in [6.07, 6.45) is 20.0. The van der Waals surface area contributed by atoms with Gasteiger partial charge in [-0.2, -0.15) is 0 Å². The van der Waals surface area contributed by atoms with Crippen LogP contribution in [0.5, 0.6) is 0 Å². The quantitative estimate of drug-likeness (QED) is 0.179. The van der Waals surface area contributed by atoms with Crippen molar-refractivity contribution in [2.24, 2.45) is 0 Å². The molecule has 1 aromatic rings. The molecule has 0 fully saturated rings. The minimum absolute atomic E-state index is 0.351. The molecule has 1 N–H and O–H groups in total. The summed E-state index contributed by atoms with van der Waals surface area (Å²) in [5, 5.41) is 8.88. The lowest BCUT2D eigenvalue weighted by Gasteiger charge is -2.18. The first-order chi connectivity index (χ1) is 12.8. The SMILES string of the molecule is CCCCCCCCCCC(CCCCCCCO)c1ccc(I)cc1. The lowest BCUT2D eigenvalue weighted by molar-refractivity contribution is 0.282. The van der Waals surface area contributed by atoms with Gasteiger partial charge in [0.2, 0.25) is 0 Å². The summed E-state index contributed by atoms with van der Waals surface area (Å²) in [7, 11) is 0. The first-order valence-corrected chi connectivity index (χ1v) is 12.2. The Morgan fingerprint density at radius 1 is 0.692 bits per heavy atom. The van der Waals surface area contributed by atoms with E-state index in [0.717, 1.165) is 12.3 Å². The summed E-state index contributed by atoms with van der Waals surface area (Å²) < 4.78 is 1.33. The molecule has 0 aliphatic heterocycles. The van der Waals surface area contributed by atoms with Gasteiger partial charge in [0, 0.05) is 10.2 Å². The maximum absolute atomic E-state index is 8.88. The van der Waals surface area contributed by atoms with Gasteiger partial charge >= 0.3 is 0 Å². The maximum Gasteiger partial charge on any atom is 0.0431 e. The number of aliphatic hydroxyl groups is 1. The first-order valence-electron chi connectivity index (χ1n) is 11.1. The zero-order valence-electron chi connectivity index (χ0n) is 17.0. The Labute approximate surface area is 176 Å². The molecule has 1 aromatic carbocycles. The molecule has 1 rings (SSSR count). The molecule has 1 unspecified atom stereocenters. The molecule has 150 valence electrons. The molecule has 1 atom stereocenters. The number of benzene rings is 1. The summed E-state index contributed by atoms with van der Waals surface area (Å²) in [6.45, 7) is 2.64. The van der Waals surface area contributed by atoms with Gasteiger partial charge in [-0.05, 0) is 65.5 Å². The fourth-order valence-electron chi connectivity index (χ4n) is 3.77. The highest BCUT2D eigenvalue weighted by atomic mass is 127. The lowest BCUT2D eigenvalue weighted by Crippen LogP contribution is -2.00. The Hall–Kier alpha value is -0.0900. The van der Waals surface area contributed by atoms with E-state index in [1.54, 1.807) is 5.56 Å². The Kier molecular flexibility index (Phi) is 15.7. The standard InChI is InChI=1S/C24H41IO/c1-2-3-4-5-6-7-9-12-15-22(16-13-10-8-11-14-21-26)23-17-19-24(25)20-18-23/h17-20,22,26H,2-16,21H2,1H3. The van der Waals surface area contributed by atoms with Gasteiger partial charge in [0.05, 0.1) is 0 Å². The highest BCUT2D eigenvalue weighted by Crippen LogP contribution is 2.29. The Morgan fingerprint density at radius 3 is 1.65 bits per heavy atom. The number of rotatable bonds is 17. The second-order valence-corrected chi connectivity index (χ2v) is 9.04. The largest absolute Gasteiger partial charge is 0.396 e. The average Bonchev–Trinajstić information content (AvgIpc) is 2.65. The Balaban J connectivity index is 2.28. The predicted molar refractivity (Wildman–Crippen MR) is 124 cm³/mol. The number of hydrogen-bond acceptors (Lipinski definition) is 1. The van der Waals surface area contributed by atoms with Crippen LogP contribution in [-0.4, -0.2) is 11.7 Å². The molecule has 0 spiro atoms. The van der Waals surface area contributed by atoms with Crippen molar-refractivity contribution in [2.45, 2.75) is 109 Å². The number of unbranched alkanes of at least 4 members (excludes halogenated alkanes) is 11. The van der Waals surface area contributed by atoms with Gasteiger partial charge in [0.1, 0.15) is 0 Å². The van der Waals surface area contributed by atoms with Crippen LogP contribution in [0, 0.1) is 3.57 Å². The second kappa shape index (κ2) is 17.0.